The van der Waals surface area contributed by atoms with Gasteiger partial charge in [0.2, 0.25) is 5.91 Å². The fourth-order valence-corrected chi connectivity index (χ4v) is 0.839. The highest BCUT2D eigenvalue weighted by Crippen LogP contribution is 2.02. The molecule has 0 radical (unpaired) electrons. The van der Waals surface area contributed by atoms with Crippen molar-refractivity contribution in [1.29, 1.82) is 0 Å². The number of amides is 1. The number of ether oxygens (including phenoxy) is 1. The lowest BCUT2D eigenvalue weighted by atomic mass is 10.2. The van der Waals surface area contributed by atoms with Crippen molar-refractivity contribution in [1.82, 2.24) is 9.97 Å². The Balaban J connectivity index is 2.64. The molecule has 0 spiro atoms. The standard InChI is InChI=1S/C8H11N3O2/c1-2-13-8-10-4-6(5-11-8)3-7(9)12/h4-5H,2-3H2,1H3,(H2,9,12). The fraction of sp³-hybridized carbons (Fsp3) is 0.375. The van der Waals surface area contributed by atoms with Gasteiger partial charge >= 0.3 is 6.01 Å². The minimum absolute atomic E-state index is 0.159. The summed E-state index contributed by atoms with van der Waals surface area (Å²) >= 11 is 0. The number of rotatable bonds is 4. The first-order valence-corrected chi connectivity index (χ1v) is 3.94. The van der Waals surface area contributed by atoms with Gasteiger partial charge in [-0.1, -0.05) is 0 Å². The van der Waals surface area contributed by atoms with E-state index in [9.17, 15) is 4.79 Å². The van der Waals surface area contributed by atoms with Gasteiger partial charge in [0.05, 0.1) is 13.0 Å². The molecule has 0 aromatic carbocycles. The average Bonchev–Trinajstić information content (AvgIpc) is 2.08. The second-order valence-corrected chi connectivity index (χ2v) is 2.45. The van der Waals surface area contributed by atoms with Gasteiger partial charge in [0, 0.05) is 12.4 Å². The van der Waals surface area contributed by atoms with Crippen LogP contribution in [0, 0.1) is 0 Å². The summed E-state index contributed by atoms with van der Waals surface area (Å²) in [4.78, 5) is 18.3. The zero-order valence-corrected chi connectivity index (χ0v) is 7.36. The van der Waals surface area contributed by atoms with Crippen LogP contribution in [0.25, 0.3) is 0 Å². The summed E-state index contributed by atoms with van der Waals surface area (Å²) in [6.45, 7) is 2.37. The molecule has 0 aliphatic rings. The molecule has 13 heavy (non-hydrogen) atoms. The van der Waals surface area contributed by atoms with Gasteiger partial charge in [-0.15, -0.1) is 0 Å². The van der Waals surface area contributed by atoms with Gasteiger partial charge in [-0.25, -0.2) is 9.97 Å². The van der Waals surface area contributed by atoms with Crippen LogP contribution in [0.4, 0.5) is 0 Å². The first-order chi connectivity index (χ1) is 6.22. The molecule has 0 aliphatic heterocycles. The Bertz CT molecular complexity index is 284. The van der Waals surface area contributed by atoms with Crippen molar-refractivity contribution < 1.29 is 9.53 Å². The van der Waals surface area contributed by atoms with Gasteiger partial charge in [-0.3, -0.25) is 4.79 Å². The molecule has 5 nitrogen and oxygen atoms in total. The molecule has 0 saturated carbocycles. The van der Waals surface area contributed by atoms with E-state index in [1.807, 2.05) is 6.92 Å². The van der Waals surface area contributed by atoms with E-state index < -0.39 is 5.91 Å². The van der Waals surface area contributed by atoms with Gasteiger partial charge in [-0.2, -0.15) is 0 Å². The maximum atomic E-state index is 10.5. The number of hydrogen-bond donors (Lipinski definition) is 1. The summed E-state index contributed by atoms with van der Waals surface area (Å²) in [6.07, 6.45) is 3.22. The molecule has 0 saturated heterocycles. The predicted octanol–water partition coefficient (Wildman–Crippen LogP) is -0.0969. The number of nitrogens with zero attached hydrogens (tertiary/aromatic N) is 2. The van der Waals surface area contributed by atoms with Crippen molar-refractivity contribution in [2.24, 2.45) is 5.73 Å². The summed E-state index contributed by atoms with van der Waals surface area (Å²) in [5.74, 6) is -0.396. The molecule has 0 atom stereocenters. The van der Waals surface area contributed by atoms with Crippen LogP contribution in [0.5, 0.6) is 6.01 Å². The van der Waals surface area contributed by atoms with Gasteiger partial charge < -0.3 is 10.5 Å². The lowest BCUT2D eigenvalue weighted by Gasteiger charge is -2.00. The molecule has 0 unspecified atom stereocenters. The highest BCUT2D eigenvalue weighted by molar-refractivity contribution is 5.76. The summed E-state index contributed by atoms with van der Waals surface area (Å²) in [5, 5.41) is 0. The minimum atomic E-state index is -0.396. The Labute approximate surface area is 75.9 Å². The molecule has 1 aromatic rings. The van der Waals surface area contributed by atoms with E-state index in [0.717, 1.165) is 0 Å². The lowest BCUT2D eigenvalue weighted by Crippen LogP contribution is -2.14. The van der Waals surface area contributed by atoms with E-state index in [4.69, 9.17) is 10.5 Å². The Hall–Kier alpha value is -1.65. The number of carbonyl (C=O) groups is 1. The third-order valence-electron chi connectivity index (χ3n) is 1.33. The van der Waals surface area contributed by atoms with Crippen molar-refractivity contribution >= 4 is 5.91 Å². The van der Waals surface area contributed by atoms with Crippen LogP contribution in [0.15, 0.2) is 12.4 Å². The Morgan fingerprint density at radius 2 is 2.15 bits per heavy atom. The maximum Gasteiger partial charge on any atom is 0.316 e. The third-order valence-corrected chi connectivity index (χ3v) is 1.33. The monoisotopic (exact) mass is 181 g/mol. The smallest absolute Gasteiger partial charge is 0.316 e. The van der Waals surface area contributed by atoms with E-state index >= 15 is 0 Å². The summed E-state index contributed by atoms with van der Waals surface area (Å²) < 4.78 is 5.03. The molecule has 1 amide bonds. The molecule has 0 aliphatic carbocycles. The van der Waals surface area contributed by atoms with E-state index in [1.54, 1.807) is 0 Å². The second kappa shape index (κ2) is 4.39. The largest absolute Gasteiger partial charge is 0.464 e. The maximum absolute atomic E-state index is 10.5. The van der Waals surface area contributed by atoms with Gasteiger partial charge in [-0.05, 0) is 12.5 Å². The van der Waals surface area contributed by atoms with E-state index in [2.05, 4.69) is 9.97 Å². The van der Waals surface area contributed by atoms with Crippen LogP contribution in [0.3, 0.4) is 0 Å². The van der Waals surface area contributed by atoms with Gasteiger partial charge in [0.25, 0.3) is 0 Å². The van der Waals surface area contributed by atoms with Crippen molar-refractivity contribution in [2.45, 2.75) is 13.3 Å². The molecule has 1 rings (SSSR count). The summed E-state index contributed by atoms with van der Waals surface area (Å²) in [5.41, 5.74) is 5.69. The highest BCUT2D eigenvalue weighted by atomic mass is 16.5. The third kappa shape index (κ3) is 3.06. The van der Waals surface area contributed by atoms with Crippen LogP contribution < -0.4 is 10.5 Å². The van der Waals surface area contributed by atoms with Crippen molar-refractivity contribution in [2.75, 3.05) is 6.61 Å². The zero-order valence-electron chi connectivity index (χ0n) is 7.36. The topological polar surface area (TPSA) is 78.1 Å². The van der Waals surface area contributed by atoms with Crippen molar-refractivity contribution in [3.63, 3.8) is 0 Å². The molecular formula is C8H11N3O2. The molecule has 1 aromatic heterocycles. The molecule has 2 N–H and O–H groups in total. The molecule has 5 heteroatoms. The highest BCUT2D eigenvalue weighted by Gasteiger charge is 2.00. The lowest BCUT2D eigenvalue weighted by molar-refractivity contribution is -0.117. The second-order valence-electron chi connectivity index (χ2n) is 2.45. The Kier molecular flexibility index (Phi) is 3.19. The molecule has 1 heterocycles. The molecule has 0 bridgehead atoms. The minimum Gasteiger partial charge on any atom is -0.464 e. The SMILES string of the molecule is CCOc1ncc(CC(N)=O)cn1. The van der Waals surface area contributed by atoms with Crippen LogP contribution in [0.1, 0.15) is 12.5 Å². The molecule has 0 fully saturated rings. The van der Waals surface area contributed by atoms with Gasteiger partial charge in [0.1, 0.15) is 0 Å². The number of carbonyl (C=O) groups excluding carboxylic acids is 1. The first kappa shape index (κ1) is 9.44. The van der Waals surface area contributed by atoms with E-state index in [-0.39, 0.29) is 6.42 Å². The first-order valence-electron chi connectivity index (χ1n) is 3.94. The van der Waals surface area contributed by atoms with Crippen LogP contribution in [-0.4, -0.2) is 22.5 Å². The van der Waals surface area contributed by atoms with Crippen molar-refractivity contribution in [3.05, 3.63) is 18.0 Å². The number of hydrogen-bond acceptors (Lipinski definition) is 4. The van der Waals surface area contributed by atoms with Crippen molar-refractivity contribution in [3.8, 4) is 6.01 Å². The van der Waals surface area contributed by atoms with Crippen LogP contribution in [0.2, 0.25) is 0 Å². The quantitative estimate of drug-likeness (QED) is 0.703. The van der Waals surface area contributed by atoms with E-state index in [0.29, 0.717) is 18.2 Å². The van der Waals surface area contributed by atoms with Crippen LogP contribution >= 0.6 is 0 Å². The number of aromatic nitrogens is 2. The number of nitrogens with two attached hydrogens (primary N) is 1. The van der Waals surface area contributed by atoms with Gasteiger partial charge in [0.15, 0.2) is 0 Å². The van der Waals surface area contributed by atoms with E-state index in [1.165, 1.54) is 12.4 Å². The zero-order chi connectivity index (χ0) is 9.68. The Morgan fingerprint density at radius 1 is 1.54 bits per heavy atom. The summed E-state index contributed by atoms with van der Waals surface area (Å²) in [6, 6.07) is 0.315. The number of primary amides is 1. The fourth-order valence-electron chi connectivity index (χ4n) is 0.839. The average molecular weight is 181 g/mol. The summed E-state index contributed by atoms with van der Waals surface area (Å²) in [7, 11) is 0. The Morgan fingerprint density at radius 3 is 2.62 bits per heavy atom. The predicted molar refractivity (Wildman–Crippen MR) is 46.1 cm³/mol. The van der Waals surface area contributed by atoms with Crippen LogP contribution in [-0.2, 0) is 11.2 Å². The normalized spacial score (nSPS) is 9.62. The molecule has 70 valence electrons. The molecular weight excluding hydrogens is 170 g/mol.